The van der Waals surface area contributed by atoms with E-state index in [0.717, 1.165) is 17.7 Å². The van der Waals surface area contributed by atoms with E-state index in [9.17, 15) is 4.79 Å². The van der Waals surface area contributed by atoms with E-state index in [1.807, 2.05) is 0 Å². The first-order valence-electron chi connectivity index (χ1n) is 7.63. The third kappa shape index (κ3) is 4.73. The van der Waals surface area contributed by atoms with Gasteiger partial charge in [-0.15, -0.1) is 11.6 Å². The van der Waals surface area contributed by atoms with Gasteiger partial charge < -0.3 is 10.1 Å². The molecule has 0 saturated carbocycles. The third-order valence-electron chi connectivity index (χ3n) is 3.92. The molecule has 2 rings (SSSR count). The first kappa shape index (κ1) is 17.4. The zero-order chi connectivity index (χ0) is 16.8. The monoisotopic (exact) mass is 331 g/mol. The molecule has 23 heavy (non-hydrogen) atoms. The largest absolute Gasteiger partial charge is 0.497 e. The molecule has 4 heteroatoms. The number of methoxy groups -OCH3 is 1. The fourth-order valence-electron chi connectivity index (χ4n) is 2.30. The Morgan fingerprint density at radius 2 is 1.83 bits per heavy atom. The van der Waals surface area contributed by atoms with Gasteiger partial charge in [-0.25, -0.2) is 0 Å². The summed E-state index contributed by atoms with van der Waals surface area (Å²) in [5.41, 5.74) is 4.51. The second-order valence-corrected chi connectivity index (χ2v) is 6.03. The van der Waals surface area contributed by atoms with Crippen molar-refractivity contribution in [3.8, 4) is 5.75 Å². The molecular weight excluding hydrogens is 310 g/mol. The molecule has 0 heterocycles. The van der Waals surface area contributed by atoms with E-state index < -0.39 is 5.38 Å². The van der Waals surface area contributed by atoms with Crippen molar-refractivity contribution in [1.29, 1.82) is 0 Å². The Labute approximate surface area is 142 Å². The van der Waals surface area contributed by atoms with Gasteiger partial charge in [0, 0.05) is 6.54 Å². The van der Waals surface area contributed by atoms with Gasteiger partial charge in [0.25, 0.3) is 0 Å². The van der Waals surface area contributed by atoms with Crippen LogP contribution in [0.4, 0.5) is 0 Å². The van der Waals surface area contributed by atoms with E-state index in [2.05, 4.69) is 37.4 Å². The highest BCUT2D eigenvalue weighted by atomic mass is 35.5. The zero-order valence-electron chi connectivity index (χ0n) is 13.7. The third-order valence-corrected chi connectivity index (χ3v) is 4.37. The number of aryl methyl sites for hydroxylation is 2. The number of amides is 1. The summed E-state index contributed by atoms with van der Waals surface area (Å²) < 4.78 is 5.10. The number of carbonyl (C=O) groups excluding carboxylic acids is 1. The van der Waals surface area contributed by atoms with Gasteiger partial charge in [0.1, 0.15) is 11.1 Å². The van der Waals surface area contributed by atoms with Crippen LogP contribution in [0.3, 0.4) is 0 Å². The second kappa shape index (κ2) is 8.02. The van der Waals surface area contributed by atoms with Crippen molar-refractivity contribution in [2.75, 3.05) is 13.7 Å². The van der Waals surface area contributed by atoms with Gasteiger partial charge >= 0.3 is 0 Å². The molecule has 0 saturated heterocycles. The minimum absolute atomic E-state index is 0.180. The average Bonchev–Trinajstić information content (AvgIpc) is 2.57. The van der Waals surface area contributed by atoms with Crippen LogP contribution in [0.2, 0.25) is 0 Å². The lowest BCUT2D eigenvalue weighted by atomic mass is 10.0. The van der Waals surface area contributed by atoms with Gasteiger partial charge in [0.2, 0.25) is 5.91 Å². The standard InChI is InChI=1S/C19H22ClNO2/c1-13-4-5-15(12-14(13)2)10-11-21-19(22)18(20)16-6-8-17(23-3)9-7-16/h4-9,12,18H,10-11H2,1-3H3,(H,21,22). The number of ether oxygens (including phenoxy) is 1. The summed E-state index contributed by atoms with van der Waals surface area (Å²) >= 11 is 6.23. The fraction of sp³-hybridized carbons (Fsp3) is 0.316. The van der Waals surface area contributed by atoms with Crippen LogP contribution in [0.15, 0.2) is 42.5 Å². The number of carbonyl (C=O) groups is 1. The Balaban J connectivity index is 1.86. The van der Waals surface area contributed by atoms with Gasteiger partial charge in [-0.3, -0.25) is 4.79 Å². The summed E-state index contributed by atoms with van der Waals surface area (Å²) in [6, 6.07) is 13.6. The van der Waals surface area contributed by atoms with Crippen molar-refractivity contribution in [3.05, 3.63) is 64.7 Å². The van der Waals surface area contributed by atoms with E-state index in [0.29, 0.717) is 6.54 Å². The average molecular weight is 332 g/mol. The molecule has 0 aliphatic rings. The highest BCUT2D eigenvalue weighted by molar-refractivity contribution is 6.30. The number of alkyl halides is 1. The number of hydrogen-bond donors (Lipinski definition) is 1. The van der Waals surface area contributed by atoms with E-state index in [1.165, 1.54) is 16.7 Å². The molecule has 0 radical (unpaired) electrons. The fourth-order valence-corrected chi connectivity index (χ4v) is 2.53. The Morgan fingerprint density at radius 1 is 1.13 bits per heavy atom. The lowest BCUT2D eigenvalue weighted by Crippen LogP contribution is -2.28. The molecule has 0 aliphatic heterocycles. The highest BCUT2D eigenvalue weighted by Crippen LogP contribution is 2.23. The molecule has 0 bridgehead atoms. The Morgan fingerprint density at radius 3 is 2.43 bits per heavy atom. The van der Waals surface area contributed by atoms with Crippen LogP contribution in [0.5, 0.6) is 5.75 Å². The molecule has 2 aromatic rings. The van der Waals surface area contributed by atoms with Crippen molar-refractivity contribution in [3.63, 3.8) is 0 Å². The number of nitrogens with one attached hydrogen (secondary N) is 1. The summed E-state index contributed by atoms with van der Waals surface area (Å²) in [6.07, 6.45) is 0.791. The van der Waals surface area contributed by atoms with Gasteiger partial charge in [0.15, 0.2) is 0 Å². The topological polar surface area (TPSA) is 38.3 Å². The molecule has 0 spiro atoms. The van der Waals surface area contributed by atoms with Crippen molar-refractivity contribution < 1.29 is 9.53 Å². The number of halogens is 1. The summed E-state index contributed by atoms with van der Waals surface area (Å²) in [5, 5.41) is 2.20. The number of benzene rings is 2. The molecular formula is C19H22ClNO2. The predicted molar refractivity (Wildman–Crippen MR) is 94.2 cm³/mol. The molecule has 1 atom stereocenters. The minimum atomic E-state index is -0.694. The Bertz CT molecular complexity index is 668. The molecule has 0 fully saturated rings. The van der Waals surface area contributed by atoms with E-state index in [4.69, 9.17) is 16.3 Å². The molecule has 1 amide bonds. The molecule has 2 aromatic carbocycles. The molecule has 3 nitrogen and oxygen atoms in total. The summed E-state index contributed by atoms with van der Waals surface area (Å²) in [7, 11) is 1.60. The molecule has 1 unspecified atom stereocenters. The quantitative estimate of drug-likeness (QED) is 0.814. The van der Waals surface area contributed by atoms with Crippen LogP contribution in [-0.2, 0) is 11.2 Å². The van der Waals surface area contributed by atoms with E-state index in [1.54, 1.807) is 31.4 Å². The predicted octanol–water partition coefficient (Wildman–Crippen LogP) is 3.95. The molecule has 1 N–H and O–H groups in total. The number of hydrogen-bond acceptors (Lipinski definition) is 2. The van der Waals surface area contributed by atoms with Crippen molar-refractivity contribution >= 4 is 17.5 Å². The van der Waals surface area contributed by atoms with Crippen molar-refractivity contribution in [2.24, 2.45) is 0 Å². The lowest BCUT2D eigenvalue weighted by Gasteiger charge is -2.12. The maximum Gasteiger partial charge on any atom is 0.242 e. The number of rotatable bonds is 6. The zero-order valence-corrected chi connectivity index (χ0v) is 14.5. The van der Waals surface area contributed by atoms with Crippen molar-refractivity contribution in [1.82, 2.24) is 5.32 Å². The van der Waals surface area contributed by atoms with E-state index in [-0.39, 0.29) is 5.91 Å². The lowest BCUT2D eigenvalue weighted by molar-refractivity contribution is -0.120. The van der Waals surface area contributed by atoms with Crippen molar-refractivity contribution in [2.45, 2.75) is 25.6 Å². The van der Waals surface area contributed by atoms with Crippen LogP contribution in [0, 0.1) is 13.8 Å². The Kier molecular flexibility index (Phi) is 6.05. The van der Waals surface area contributed by atoms with Gasteiger partial charge in [-0.1, -0.05) is 30.3 Å². The molecule has 0 aliphatic carbocycles. The second-order valence-electron chi connectivity index (χ2n) is 5.60. The summed E-state index contributed by atoms with van der Waals surface area (Å²) in [5.74, 6) is 0.563. The minimum Gasteiger partial charge on any atom is -0.497 e. The molecule has 122 valence electrons. The van der Waals surface area contributed by atoms with Gasteiger partial charge in [-0.05, 0) is 54.7 Å². The SMILES string of the molecule is COc1ccc(C(Cl)C(=O)NCCc2ccc(C)c(C)c2)cc1. The van der Waals surface area contributed by atoms with E-state index >= 15 is 0 Å². The molecule has 0 aromatic heterocycles. The maximum absolute atomic E-state index is 12.1. The Hall–Kier alpha value is -2.00. The van der Waals surface area contributed by atoms with Gasteiger partial charge in [0.05, 0.1) is 7.11 Å². The highest BCUT2D eigenvalue weighted by Gasteiger charge is 2.17. The van der Waals surface area contributed by atoms with Crippen LogP contribution in [0.25, 0.3) is 0 Å². The first-order valence-corrected chi connectivity index (χ1v) is 8.07. The normalized spacial score (nSPS) is 11.8. The summed E-state index contributed by atoms with van der Waals surface area (Å²) in [6.45, 7) is 4.75. The van der Waals surface area contributed by atoms with Gasteiger partial charge in [-0.2, -0.15) is 0 Å². The smallest absolute Gasteiger partial charge is 0.242 e. The van der Waals surface area contributed by atoms with Crippen LogP contribution in [0.1, 0.15) is 27.6 Å². The first-order chi connectivity index (χ1) is 11.0. The van der Waals surface area contributed by atoms with Crippen LogP contribution < -0.4 is 10.1 Å². The summed E-state index contributed by atoms with van der Waals surface area (Å²) in [4.78, 5) is 12.1. The van der Waals surface area contributed by atoms with Crippen LogP contribution in [-0.4, -0.2) is 19.6 Å². The maximum atomic E-state index is 12.1. The van der Waals surface area contributed by atoms with Crippen LogP contribution >= 0.6 is 11.6 Å².